The number of carboxylic acid groups (broad SMARTS) is 2. The van der Waals surface area contributed by atoms with Crippen molar-refractivity contribution in [3.05, 3.63) is 0 Å². The summed E-state index contributed by atoms with van der Waals surface area (Å²) in [5.41, 5.74) is 0. The summed E-state index contributed by atoms with van der Waals surface area (Å²) in [6.45, 7) is 1.27. The maximum absolute atomic E-state index is 11.6. The molecule has 1 rings (SSSR count). The van der Waals surface area contributed by atoms with Crippen molar-refractivity contribution in [2.45, 2.75) is 18.6 Å². The number of morpholine rings is 1. The SMILES string of the molecule is O=C(O)CC(NC(=O)C1CNCCO1)C(=O)O. The lowest BCUT2D eigenvalue weighted by Crippen LogP contribution is -2.52. The number of carboxylic acids is 2. The van der Waals surface area contributed by atoms with Crippen LogP contribution < -0.4 is 10.6 Å². The van der Waals surface area contributed by atoms with E-state index >= 15 is 0 Å². The molecule has 0 saturated carbocycles. The minimum atomic E-state index is -1.44. The van der Waals surface area contributed by atoms with Crippen molar-refractivity contribution >= 4 is 17.8 Å². The molecule has 0 aromatic rings. The molecule has 0 aromatic heterocycles. The van der Waals surface area contributed by atoms with E-state index in [9.17, 15) is 14.4 Å². The van der Waals surface area contributed by atoms with E-state index in [4.69, 9.17) is 14.9 Å². The molecule has 1 aliphatic heterocycles. The second kappa shape index (κ2) is 6.16. The van der Waals surface area contributed by atoms with Gasteiger partial charge >= 0.3 is 11.9 Å². The van der Waals surface area contributed by atoms with Crippen LogP contribution in [0, 0.1) is 0 Å². The third-order valence-electron chi connectivity index (χ3n) is 2.21. The van der Waals surface area contributed by atoms with Gasteiger partial charge < -0.3 is 25.6 Å². The van der Waals surface area contributed by atoms with Gasteiger partial charge in [0.05, 0.1) is 13.0 Å². The van der Waals surface area contributed by atoms with Gasteiger partial charge in [-0.1, -0.05) is 0 Å². The van der Waals surface area contributed by atoms with E-state index in [1.54, 1.807) is 0 Å². The monoisotopic (exact) mass is 246 g/mol. The molecule has 1 heterocycles. The van der Waals surface area contributed by atoms with Crippen LogP contribution in [0.4, 0.5) is 0 Å². The van der Waals surface area contributed by atoms with Gasteiger partial charge in [0.15, 0.2) is 0 Å². The fourth-order valence-corrected chi connectivity index (χ4v) is 1.37. The topological polar surface area (TPSA) is 125 Å². The molecule has 2 unspecified atom stereocenters. The molecule has 96 valence electrons. The maximum atomic E-state index is 11.6. The highest BCUT2D eigenvalue weighted by Crippen LogP contribution is 1.99. The zero-order valence-corrected chi connectivity index (χ0v) is 9.01. The molecule has 1 fully saturated rings. The van der Waals surface area contributed by atoms with E-state index in [1.807, 2.05) is 0 Å². The third-order valence-corrected chi connectivity index (χ3v) is 2.21. The van der Waals surface area contributed by atoms with Crippen molar-refractivity contribution in [2.75, 3.05) is 19.7 Å². The number of nitrogens with one attached hydrogen (secondary N) is 2. The lowest BCUT2D eigenvalue weighted by molar-refractivity contribution is -0.149. The number of amides is 1. The summed E-state index contributed by atoms with van der Waals surface area (Å²) in [4.78, 5) is 32.7. The summed E-state index contributed by atoms with van der Waals surface area (Å²) in [5, 5.41) is 22.3. The first-order valence-corrected chi connectivity index (χ1v) is 5.08. The second-order valence-electron chi connectivity index (χ2n) is 3.56. The van der Waals surface area contributed by atoms with E-state index in [0.717, 1.165) is 0 Å². The second-order valence-corrected chi connectivity index (χ2v) is 3.56. The lowest BCUT2D eigenvalue weighted by atomic mass is 10.2. The highest BCUT2D eigenvalue weighted by molar-refractivity contribution is 5.88. The van der Waals surface area contributed by atoms with Gasteiger partial charge in [0, 0.05) is 13.1 Å². The van der Waals surface area contributed by atoms with Crippen LogP contribution in [0.15, 0.2) is 0 Å². The van der Waals surface area contributed by atoms with Gasteiger partial charge in [-0.15, -0.1) is 0 Å². The highest BCUT2D eigenvalue weighted by Gasteiger charge is 2.28. The molecule has 2 atom stereocenters. The molecule has 0 radical (unpaired) electrons. The molecule has 0 aliphatic carbocycles. The molecule has 8 nitrogen and oxygen atoms in total. The number of rotatable bonds is 5. The zero-order chi connectivity index (χ0) is 12.8. The Balaban J connectivity index is 2.50. The molecule has 0 aromatic carbocycles. The van der Waals surface area contributed by atoms with Gasteiger partial charge in [-0.05, 0) is 0 Å². The van der Waals surface area contributed by atoms with Gasteiger partial charge in [-0.2, -0.15) is 0 Å². The number of ether oxygens (including phenoxy) is 1. The van der Waals surface area contributed by atoms with Crippen molar-refractivity contribution < 1.29 is 29.3 Å². The molecule has 1 aliphatic rings. The minimum Gasteiger partial charge on any atom is -0.481 e. The number of carbonyl (C=O) groups is 3. The first-order chi connectivity index (χ1) is 8.00. The molecule has 4 N–H and O–H groups in total. The molecular formula is C9H14N2O6. The van der Waals surface area contributed by atoms with Gasteiger partial charge in [0.2, 0.25) is 0 Å². The van der Waals surface area contributed by atoms with Crippen LogP contribution in [-0.2, 0) is 19.1 Å². The lowest BCUT2D eigenvalue weighted by Gasteiger charge is -2.24. The predicted molar refractivity (Wildman–Crippen MR) is 54.4 cm³/mol. The summed E-state index contributed by atoms with van der Waals surface area (Å²) >= 11 is 0. The number of carbonyl (C=O) groups excluding carboxylic acids is 1. The molecule has 1 amide bonds. The largest absolute Gasteiger partial charge is 0.481 e. The Morgan fingerprint density at radius 2 is 2.12 bits per heavy atom. The highest BCUT2D eigenvalue weighted by atomic mass is 16.5. The van der Waals surface area contributed by atoms with Crippen LogP contribution in [-0.4, -0.2) is 59.9 Å². The Hall–Kier alpha value is -1.67. The molecular weight excluding hydrogens is 232 g/mol. The predicted octanol–water partition coefficient (Wildman–Crippen LogP) is -1.98. The van der Waals surface area contributed by atoms with Gasteiger partial charge in [0.25, 0.3) is 5.91 Å². The Labute approximate surface area is 96.9 Å². The first kappa shape index (κ1) is 13.4. The van der Waals surface area contributed by atoms with Crippen molar-refractivity contribution in [3.8, 4) is 0 Å². The van der Waals surface area contributed by atoms with E-state index < -0.39 is 36.4 Å². The van der Waals surface area contributed by atoms with Crippen LogP contribution in [0.2, 0.25) is 0 Å². The fourth-order valence-electron chi connectivity index (χ4n) is 1.37. The molecule has 0 bridgehead atoms. The van der Waals surface area contributed by atoms with E-state index in [1.165, 1.54) is 0 Å². The van der Waals surface area contributed by atoms with Crippen molar-refractivity contribution in [1.29, 1.82) is 0 Å². The number of hydrogen-bond donors (Lipinski definition) is 4. The molecule has 1 saturated heterocycles. The Morgan fingerprint density at radius 1 is 1.41 bits per heavy atom. The maximum Gasteiger partial charge on any atom is 0.326 e. The van der Waals surface area contributed by atoms with Gasteiger partial charge in [-0.25, -0.2) is 4.79 Å². The Bertz CT molecular complexity index is 313. The van der Waals surface area contributed by atoms with E-state index in [2.05, 4.69) is 10.6 Å². The smallest absolute Gasteiger partial charge is 0.326 e. The van der Waals surface area contributed by atoms with Crippen molar-refractivity contribution in [1.82, 2.24) is 10.6 Å². The first-order valence-electron chi connectivity index (χ1n) is 5.08. The van der Waals surface area contributed by atoms with E-state index in [0.29, 0.717) is 13.2 Å². The molecule has 17 heavy (non-hydrogen) atoms. The summed E-state index contributed by atoms with van der Waals surface area (Å²) < 4.78 is 5.11. The number of aliphatic carboxylic acids is 2. The standard InChI is InChI=1S/C9H14N2O6/c12-7(13)3-5(9(15)16)11-8(14)6-4-10-1-2-17-6/h5-6,10H,1-4H2,(H,11,14)(H,12,13)(H,15,16). The zero-order valence-electron chi connectivity index (χ0n) is 9.01. The van der Waals surface area contributed by atoms with Crippen molar-refractivity contribution in [3.63, 3.8) is 0 Å². The van der Waals surface area contributed by atoms with Crippen molar-refractivity contribution in [2.24, 2.45) is 0 Å². The van der Waals surface area contributed by atoms with Crippen LogP contribution >= 0.6 is 0 Å². The van der Waals surface area contributed by atoms with Crippen LogP contribution in [0.1, 0.15) is 6.42 Å². The average Bonchev–Trinajstić information content (AvgIpc) is 2.28. The molecule has 0 spiro atoms. The summed E-state index contributed by atoms with van der Waals surface area (Å²) in [7, 11) is 0. The van der Waals surface area contributed by atoms with Gasteiger partial charge in [-0.3, -0.25) is 9.59 Å². The van der Waals surface area contributed by atoms with E-state index in [-0.39, 0.29) is 6.54 Å². The minimum absolute atomic E-state index is 0.283. The van der Waals surface area contributed by atoms with Crippen LogP contribution in [0.25, 0.3) is 0 Å². The third kappa shape index (κ3) is 4.37. The fraction of sp³-hybridized carbons (Fsp3) is 0.667. The summed E-state index contributed by atoms with van der Waals surface area (Å²) in [6, 6.07) is -1.44. The summed E-state index contributed by atoms with van der Waals surface area (Å²) in [6.07, 6.45) is -1.44. The van der Waals surface area contributed by atoms with Crippen LogP contribution in [0.3, 0.4) is 0 Å². The Kier molecular flexibility index (Phi) is 4.85. The number of hydrogen-bond acceptors (Lipinski definition) is 5. The quantitative estimate of drug-likeness (QED) is 0.443. The normalized spacial score (nSPS) is 21.5. The average molecular weight is 246 g/mol. The van der Waals surface area contributed by atoms with Gasteiger partial charge in [0.1, 0.15) is 12.1 Å². The Morgan fingerprint density at radius 3 is 2.59 bits per heavy atom. The molecule has 8 heteroatoms. The summed E-state index contributed by atoms with van der Waals surface area (Å²) in [5.74, 6) is -3.30. The van der Waals surface area contributed by atoms with Crippen LogP contribution in [0.5, 0.6) is 0 Å².